The molecule has 1 unspecified atom stereocenters. The van der Waals surface area contributed by atoms with E-state index in [1.807, 2.05) is 18.2 Å². The van der Waals surface area contributed by atoms with Gasteiger partial charge in [-0.05, 0) is 79.3 Å². The summed E-state index contributed by atoms with van der Waals surface area (Å²) in [6.07, 6.45) is 12.4. The van der Waals surface area contributed by atoms with E-state index in [2.05, 4.69) is 36.5 Å². The summed E-state index contributed by atoms with van der Waals surface area (Å²) in [4.78, 5) is 24.9. The van der Waals surface area contributed by atoms with Gasteiger partial charge in [-0.1, -0.05) is 63.3 Å². The van der Waals surface area contributed by atoms with Gasteiger partial charge in [0.15, 0.2) is 0 Å². The Hall–Kier alpha value is -2.62. The van der Waals surface area contributed by atoms with Gasteiger partial charge in [-0.15, -0.1) is 0 Å². The van der Waals surface area contributed by atoms with Gasteiger partial charge in [0.05, 0.1) is 0 Å². The number of hydrogen-bond donors (Lipinski definition) is 2. The van der Waals surface area contributed by atoms with Crippen molar-refractivity contribution in [3.63, 3.8) is 0 Å². The Balaban J connectivity index is 1.29. The van der Waals surface area contributed by atoms with E-state index in [1.165, 1.54) is 24.8 Å². The van der Waals surface area contributed by atoms with Crippen molar-refractivity contribution in [3.8, 4) is 0 Å². The quantitative estimate of drug-likeness (QED) is 0.403. The number of anilines is 2. The van der Waals surface area contributed by atoms with E-state index >= 15 is 0 Å². The minimum atomic E-state index is 0.165. The number of benzene rings is 2. The van der Waals surface area contributed by atoms with Gasteiger partial charge >= 0.3 is 0 Å². The van der Waals surface area contributed by atoms with Gasteiger partial charge in [0.25, 0.3) is 0 Å². The van der Waals surface area contributed by atoms with Crippen molar-refractivity contribution < 1.29 is 9.59 Å². The van der Waals surface area contributed by atoms with Crippen LogP contribution in [0.1, 0.15) is 93.7 Å². The van der Waals surface area contributed by atoms with Gasteiger partial charge < -0.3 is 11.1 Å². The van der Waals surface area contributed by atoms with E-state index < -0.39 is 0 Å². The number of rotatable bonds is 9. The zero-order valence-corrected chi connectivity index (χ0v) is 20.7. The van der Waals surface area contributed by atoms with E-state index in [0.717, 1.165) is 73.9 Å². The van der Waals surface area contributed by atoms with Crippen LogP contribution in [0, 0.1) is 11.8 Å². The monoisotopic (exact) mass is 460 g/mol. The molecule has 0 radical (unpaired) electrons. The zero-order valence-electron chi connectivity index (χ0n) is 20.7. The molecule has 2 fully saturated rings. The van der Waals surface area contributed by atoms with E-state index in [9.17, 15) is 9.59 Å². The fourth-order valence-corrected chi connectivity index (χ4v) is 5.66. The number of hydrogen-bond acceptors (Lipinski definition) is 3. The van der Waals surface area contributed by atoms with Crippen LogP contribution < -0.4 is 11.1 Å². The molecule has 2 aromatic rings. The van der Waals surface area contributed by atoms with E-state index in [1.54, 1.807) is 0 Å². The van der Waals surface area contributed by atoms with Crippen molar-refractivity contribution in [3.05, 3.63) is 59.2 Å². The number of ketones is 1. The van der Waals surface area contributed by atoms with Crippen LogP contribution in [0.15, 0.2) is 42.5 Å². The van der Waals surface area contributed by atoms with Crippen LogP contribution in [0.25, 0.3) is 0 Å². The molecular formula is C30H40N2O2. The first kappa shape index (κ1) is 24.5. The number of nitrogens with two attached hydrogens (primary N) is 1. The molecule has 0 saturated heterocycles. The molecule has 34 heavy (non-hydrogen) atoms. The Morgan fingerprint density at radius 2 is 1.56 bits per heavy atom. The Bertz CT molecular complexity index is 970. The van der Waals surface area contributed by atoms with E-state index in [0.29, 0.717) is 24.0 Å². The number of carbonyl (C=O) groups is 2. The highest BCUT2D eigenvalue weighted by Crippen LogP contribution is 2.29. The van der Waals surface area contributed by atoms with Crippen LogP contribution in [-0.4, -0.2) is 11.7 Å². The summed E-state index contributed by atoms with van der Waals surface area (Å²) in [6.45, 7) is 2.21. The molecule has 0 aromatic heterocycles. The van der Waals surface area contributed by atoms with Gasteiger partial charge in [0.1, 0.15) is 5.78 Å². The fraction of sp³-hybridized carbons (Fsp3) is 0.533. The summed E-state index contributed by atoms with van der Waals surface area (Å²) in [5, 5.41) is 3.10. The second-order valence-corrected chi connectivity index (χ2v) is 10.5. The lowest BCUT2D eigenvalue weighted by Gasteiger charge is -2.21. The summed E-state index contributed by atoms with van der Waals surface area (Å²) < 4.78 is 0. The molecule has 3 N–H and O–H groups in total. The topological polar surface area (TPSA) is 72.2 Å². The van der Waals surface area contributed by atoms with Crippen LogP contribution in [-0.2, 0) is 22.4 Å². The van der Waals surface area contributed by atoms with Crippen LogP contribution in [0.3, 0.4) is 0 Å². The summed E-state index contributed by atoms with van der Waals surface area (Å²) in [5.41, 5.74) is 11.6. The van der Waals surface area contributed by atoms with Gasteiger partial charge in [0.2, 0.25) is 5.91 Å². The first-order valence-corrected chi connectivity index (χ1v) is 13.3. The van der Waals surface area contributed by atoms with Gasteiger partial charge in [0, 0.05) is 29.6 Å². The van der Waals surface area contributed by atoms with Crippen LogP contribution >= 0.6 is 0 Å². The molecule has 0 bridgehead atoms. The highest BCUT2D eigenvalue weighted by molar-refractivity contribution is 5.92. The highest BCUT2D eigenvalue weighted by Gasteiger charge is 2.22. The molecule has 0 spiro atoms. The predicted molar refractivity (Wildman–Crippen MR) is 140 cm³/mol. The molecular weight excluding hydrogens is 420 g/mol. The van der Waals surface area contributed by atoms with Crippen molar-refractivity contribution in [1.29, 1.82) is 0 Å². The van der Waals surface area contributed by atoms with Crippen LogP contribution in [0.5, 0.6) is 0 Å². The summed E-state index contributed by atoms with van der Waals surface area (Å²) in [7, 11) is 0. The Kier molecular flexibility index (Phi) is 8.42. The fourth-order valence-electron chi connectivity index (χ4n) is 5.66. The number of amides is 1. The summed E-state index contributed by atoms with van der Waals surface area (Å²) in [6, 6.07) is 14.6. The SMILES string of the molecule is CC(Cc1ccc(CCC(=O)C2CCCC2)cc1N)c1ccc(NC(=O)C2CCCCC2)cc1. The second-order valence-electron chi connectivity index (χ2n) is 10.5. The lowest BCUT2D eigenvalue weighted by molar-refractivity contribution is -0.122. The maximum atomic E-state index is 12.5. The first-order valence-electron chi connectivity index (χ1n) is 13.3. The van der Waals surface area contributed by atoms with Crippen LogP contribution in [0.2, 0.25) is 0 Å². The Labute approximate surface area is 204 Å². The highest BCUT2D eigenvalue weighted by atomic mass is 16.2. The largest absolute Gasteiger partial charge is 0.398 e. The zero-order chi connectivity index (χ0) is 23.9. The Morgan fingerprint density at radius 3 is 2.24 bits per heavy atom. The minimum Gasteiger partial charge on any atom is -0.398 e. The molecule has 4 nitrogen and oxygen atoms in total. The third-order valence-corrected chi connectivity index (χ3v) is 7.93. The van der Waals surface area contributed by atoms with E-state index in [-0.39, 0.29) is 11.8 Å². The molecule has 4 rings (SSSR count). The molecule has 2 aliphatic carbocycles. The third-order valence-electron chi connectivity index (χ3n) is 7.93. The smallest absolute Gasteiger partial charge is 0.227 e. The number of nitrogen functional groups attached to an aromatic ring is 1. The van der Waals surface area contributed by atoms with Gasteiger partial charge in [-0.3, -0.25) is 9.59 Å². The molecule has 1 amide bonds. The van der Waals surface area contributed by atoms with Gasteiger partial charge in [-0.2, -0.15) is 0 Å². The standard InChI is InChI=1S/C30H40N2O2/c1-21(23-14-16-27(17-15-23)32-30(34)25-9-3-2-4-10-25)19-26-13-11-22(20-28(26)31)12-18-29(33)24-7-5-6-8-24/h11,13-17,20-21,24-25H,2-10,12,18-19,31H2,1H3,(H,32,34). The molecule has 182 valence electrons. The number of carbonyl (C=O) groups excluding carboxylic acids is 2. The normalized spacial score (nSPS) is 18.0. The molecule has 4 heteroatoms. The molecule has 2 aliphatic rings. The maximum absolute atomic E-state index is 12.5. The summed E-state index contributed by atoms with van der Waals surface area (Å²) >= 11 is 0. The predicted octanol–water partition coefficient (Wildman–Crippen LogP) is 6.83. The number of aryl methyl sites for hydroxylation is 1. The average molecular weight is 461 g/mol. The van der Waals surface area contributed by atoms with Crippen molar-refractivity contribution in [2.24, 2.45) is 11.8 Å². The first-order chi connectivity index (χ1) is 16.5. The van der Waals surface area contributed by atoms with Crippen molar-refractivity contribution in [2.45, 2.75) is 89.9 Å². The van der Waals surface area contributed by atoms with Crippen LogP contribution in [0.4, 0.5) is 11.4 Å². The molecule has 0 heterocycles. The van der Waals surface area contributed by atoms with E-state index in [4.69, 9.17) is 5.73 Å². The molecule has 2 aromatic carbocycles. The Morgan fingerprint density at radius 1 is 0.912 bits per heavy atom. The average Bonchev–Trinajstić information content (AvgIpc) is 3.40. The number of Topliss-reactive ketones (excluding diaryl/α,β-unsaturated/α-hetero) is 1. The lowest BCUT2D eigenvalue weighted by Crippen LogP contribution is -2.24. The van der Waals surface area contributed by atoms with Crippen molar-refractivity contribution in [2.75, 3.05) is 11.1 Å². The number of nitrogens with one attached hydrogen (secondary N) is 1. The van der Waals surface area contributed by atoms with Crippen molar-refractivity contribution in [1.82, 2.24) is 0 Å². The lowest BCUT2D eigenvalue weighted by atomic mass is 9.88. The maximum Gasteiger partial charge on any atom is 0.227 e. The van der Waals surface area contributed by atoms with Gasteiger partial charge in [-0.25, -0.2) is 0 Å². The third kappa shape index (κ3) is 6.49. The minimum absolute atomic E-state index is 0.165. The molecule has 1 atom stereocenters. The van der Waals surface area contributed by atoms with Crippen molar-refractivity contribution >= 4 is 23.1 Å². The summed E-state index contributed by atoms with van der Waals surface area (Å²) in [5.74, 6) is 1.37. The molecule has 0 aliphatic heterocycles. The second kappa shape index (κ2) is 11.7. The molecule has 2 saturated carbocycles.